The minimum absolute atomic E-state index is 0.0636. The van der Waals surface area contributed by atoms with Gasteiger partial charge in [0.1, 0.15) is 17.3 Å². The zero-order valence-electron chi connectivity index (χ0n) is 20.1. The summed E-state index contributed by atoms with van der Waals surface area (Å²) in [6.45, 7) is 3.19. The molecule has 3 aromatic heterocycles. The number of carboxylic acid groups (broad SMARTS) is 1. The number of piperidine rings is 1. The molecule has 0 amide bonds. The number of carbonyl (C=O) groups is 1. The summed E-state index contributed by atoms with van der Waals surface area (Å²) in [5.74, 6) is -0.212. The van der Waals surface area contributed by atoms with E-state index in [0.717, 1.165) is 28.0 Å². The fraction of sp³-hybridized carbons (Fsp3) is 0.259. The Balaban J connectivity index is 1.33. The highest BCUT2D eigenvalue weighted by atomic mass is 35.5. The molecular formula is C27H22ClFN6O2. The number of nitrogens with zero attached hydrogens (tertiary/aromatic N) is 6. The van der Waals surface area contributed by atoms with Crippen LogP contribution in [-0.4, -0.2) is 48.7 Å². The van der Waals surface area contributed by atoms with E-state index in [2.05, 4.69) is 15.0 Å². The predicted octanol–water partition coefficient (Wildman–Crippen LogP) is 4.84. The molecule has 7 rings (SSSR count). The molecule has 1 saturated heterocycles. The maximum absolute atomic E-state index is 14.8. The van der Waals surface area contributed by atoms with E-state index in [-0.39, 0.29) is 22.8 Å². The first-order valence-electron chi connectivity index (χ1n) is 12.1. The van der Waals surface area contributed by atoms with E-state index in [1.54, 1.807) is 22.5 Å². The molecular weight excluding hydrogens is 495 g/mol. The van der Waals surface area contributed by atoms with Crippen molar-refractivity contribution in [2.75, 3.05) is 18.0 Å². The van der Waals surface area contributed by atoms with Crippen LogP contribution in [0.5, 0.6) is 0 Å². The largest absolute Gasteiger partial charge is 0.481 e. The number of halogens is 2. The number of pyridine rings is 1. The number of carboxylic acids is 1. The third kappa shape index (κ3) is 3.26. The Morgan fingerprint density at radius 1 is 1.14 bits per heavy atom. The molecule has 2 aliphatic rings. The van der Waals surface area contributed by atoms with E-state index in [1.165, 1.54) is 6.07 Å². The lowest BCUT2D eigenvalue weighted by atomic mass is 10.0. The third-order valence-electron chi connectivity index (χ3n) is 7.79. The van der Waals surface area contributed by atoms with Crippen molar-refractivity contribution in [2.45, 2.75) is 6.92 Å². The minimum atomic E-state index is -0.702. The predicted molar refractivity (Wildman–Crippen MR) is 139 cm³/mol. The second-order valence-electron chi connectivity index (χ2n) is 9.97. The molecule has 0 spiro atoms. The lowest BCUT2D eigenvalue weighted by Crippen LogP contribution is -2.26. The van der Waals surface area contributed by atoms with Crippen molar-refractivity contribution in [1.29, 1.82) is 0 Å². The Morgan fingerprint density at radius 3 is 2.62 bits per heavy atom. The van der Waals surface area contributed by atoms with Gasteiger partial charge in [-0.1, -0.05) is 23.7 Å². The van der Waals surface area contributed by atoms with Crippen LogP contribution in [0.3, 0.4) is 0 Å². The van der Waals surface area contributed by atoms with Crippen LogP contribution in [0.4, 0.5) is 10.2 Å². The van der Waals surface area contributed by atoms with Gasteiger partial charge in [-0.2, -0.15) is 10.2 Å². The molecule has 1 saturated carbocycles. The summed E-state index contributed by atoms with van der Waals surface area (Å²) in [6.07, 6.45) is 3.67. The maximum atomic E-state index is 14.8. The third-order valence-corrected chi connectivity index (χ3v) is 8.25. The number of hydrogen-bond acceptors (Lipinski definition) is 5. The Labute approximate surface area is 215 Å². The van der Waals surface area contributed by atoms with Crippen LogP contribution in [0.15, 0.2) is 48.8 Å². The molecule has 0 radical (unpaired) electrons. The van der Waals surface area contributed by atoms with Crippen molar-refractivity contribution >= 4 is 45.2 Å². The van der Waals surface area contributed by atoms with Gasteiger partial charge in [-0.25, -0.2) is 14.1 Å². The summed E-state index contributed by atoms with van der Waals surface area (Å²) in [5.41, 5.74) is 4.34. The van der Waals surface area contributed by atoms with Crippen molar-refractivity contribution in [3.05, 3.63) is 65.2 Å². The van der Waals surface area contributed by atoms with Gasteiger partial charge in [0, 0.05) is 42.7 Å². The number of aromatic nitrogens is 5. The molecule has 1 aliphatic carbocycles. The van der Waals surface area contributed by atoms with Gasteiger partial charge in [-0.15, -0.1) is 0 Å². The molecule has 2 fully saturated rings. The number of aliphatic carboxylic acids is 1. The molecule has 37 heavy (non-hydrogen) atoms. The van der Waals surface area contributed by atoms with Crippen LogP contribution >= 0.6 is 11.6 Å². The van der Waals surface area contributed by atoms with Crippen molar-refractivity contribution < 1.29 is 14.3 Å². The molecule has 0 bridgehead atoms. The number of fused-ring (bicyclic) bond motifs is 3. The molecule has 3 atom stereocenters. The van der Waals surface area contributed by atoms with Crippen LogP contribution < -0.4 is 4.90 Å². The van der Waals surface area contributed by atoms with Gasteiger partial charge in [0.25, 0.3) is 0 Å². The van der Waals surface area contributed by atoms with Gasteiger partial charge < -0.3 is 10.0 Å². The van der Waals surface area contributed by atoms with Crippen LogP contribution in [0, 0.1) is 30.5 Å². The number of benzene rings is 2. The lowest BCUT2D eigenvalue weighted by molar-refractivity contribution is -0.139. The number of rotatable bonds is 4. The van der Waals surface area contributed by atoms with E-state index < -0.39 is 11.8 Å². The fourth-order valence-corrected chi connectivity index (χ4v) is 6.07. The second kappa shape index (κ2) is 7.76. The average Bonchev–Trinajstić information content (AvgIpc) is 3.21. The van der Waals surface area contributed by atoms with Gasteiger partial charge in [0.15, 0.2) is 0 Å². The normalized spacial score (nSPS) is 20.6. The van der Waals surface area contributed by atoms with Crippen LogP contribution in [0.1, 0.15) is 5.56 Å². The van der Waals surface area contributed by atoms with Crippen LogP contribution in [0.2, 0.25) is 5.02 Å². The van der Waals surface area contributed by atoms with Crippen molar-refractivity contribution in [2.24, 2.45) is 24.8 Å². The Bertz CT molecular complexity index is 1730. The van der Waals surface area contributed by atoms with E-state index in [4.69, 9.17) is 16.7 Å². The lowest BCUT2D eigenvalue weighted by Gasteiger charge is -2.20. The molecule has 186 valence electrons. The Morgan fingerprint density at radius 2 is 1.92 bits per heavy atom. The average molecular weight is 517 g/mol. The topological polar surface area (TPSA) is 89.1 Å². The number of hydrogen-bond donors (Lipinski definition) is 1. The van der Waals surface area contributed by atoms with Gasteiger partial charge in [-0.05, 0) is 48.6 Å². The monoisotopic (exact) mass is 516 g/mol. The highest BCUT2D eigenvalue weighted by Gasteiger charge is 2.60. The molecule has 2 aromatic carbocycles. The molecule has 10 heteroatoms. The summed E-state index contributed by atoms with van der Waals surface area (Å²) in [4.78, 5) is 18.1. The van der Waals surface area contributed by atoms with Crippen molar-refractivity contribution in [3.8, 4) is 16.9 Å². The molecule has 8 nitrogen and oxygen atoms in total. The van der Waals surface area contributed by atoms with Gasteiger partial charge in [0.2, 0.25) is 0 Å². The Kier molecular flexibility index (Phi) is 4.66. The zero-order chi connectivity index (χ0) is 25.6. The molecule has 1 aliphatic heterocycles. The van der Waals surface area contributed by atoms with Crippen LogP contribution in [0.25, 0.3) is 38.8 Å². The van der Waals surface area contributed by atoms with Crippen LogP contribution in [-0.2, 0) is 11.8 Å². The summed E-state index contributed by atoms with van der Waals surface area (Å²) in [5, 5.41) is 20.4. The van der Waals surface area contributed by atoms with Crippen molar-refractivity contribution in [3.63, 3.8) is 0 Å². The number of aryl methyl sites for hydroxylation is 2. The van der Waals surface area contributed by atoms with Gasteiger partial charge in [-0.3, -0.25) is 9.48 Å². The number of anilines is 1. The molecule has 1 N–H and O–H groups in total. The molecule has 5 aromatic rings. The first-order valence-corrected chi connectivity index (χ1v) is 12.4. The quantitative estimate of drug-likeness (QED) is 0.367. The summed E-state index contributed by atoms with van der Waals surface area (Å²) in [7, 11) is 1.86. The summed E-state index contributed by atoms with van der Waals surface area (Å²) >= 11 is 6.34. The van der Waals surface area contributed by atoms with E-state index in [1.807, 2.05) is 43.6 Å². The smallest absolute Gasteiger partial charge is 0.307 e. The Hall–Kier alpha value is -3.98. The zero-order valence-corrected chi connectivity index (χ0v) is 20.8. The second-order valence-corrected chi connectivity index (χ2v) is 10.3. The van der Waals surface area contributed by atoms with Crippen molar-refractivity contribution in [1.82, 2.24) is 24.5 Å². The summed E-state index contributed by atoms with van der Waals surface area (Å²) < 4.78 is 18.3. The highest BCUT2D eigenvalue weighted by Crippen LogP contribution is 2.52. The highest BCUT2D eigenvalue weighted by molar-refractivity contribution is 6.32. The summed E-state index contributed by atoms with van der Waals surface area (Å²) in [6, 6.07) is 11.1. The van der Waals surface area contributed by atoms with Gasteiger partial charge in [0.05, 0.1) is 33.9 Å². The SMILES string of the molecule is Cc1c(Cl)c(F)cc2c(-c3cccc4nn(C)cc34)nn(-c3ccc(N4C[C@@H]5C(C(=O)O)[C@@H]5C4)nc3)c12. The standard InChI is InChI=1S/C27H22ClFN6O2/c1-13-24(28)20(29)8-16-25(15-4-3-5-21-17(15)10-33(2)31-21)32-35(26(13)16)14-6-7-22(30-9-14)34-11-18-19(12-34)23(18)27(36)37/h3-10,18-19,23H,11-12H2,1-2H3,(H,36,37)/t18-,19+,23?. The first-order chi connectivity index (χ1) is 17.8. The van der Waals surface area contributed by atoms with Gasteiger partial charge >= 0.3 is 5.97 Å². The van der Waals surface area contributed by atoms with E-state index >= 15 is 0 Å². The fourth-order valence-electron chi connectivity index (χ4n) is 5.92. The van der Waals surface area contributed by atoms with E-state index in [0.29, 0.717) is 35.2 Å². The maximum Gasteiger partial charge on any atom is 0.307 e. The van der Waals surface area contributed by atoms with E-state index in [9.17, 15) is 14.3 Å². The first kappa shape index (κ1) is 22.2. The molecule has 1 unspecified atom stereocenters. The minimum Gasteiger partial charge on any atom is -0.481 e. The molecule has 4 heterocycles.